The van der Waals surface area contributed by atoms with Crippen LogP contribution >= 0.6 is 11.6 Å². The van der Waals surface area contributed by atoms with E-state index < -0.39 is 10.0 Å². The molecule has 1 saturated carbocycles. The van der Waals surface area contributed by atoms with Crippen LogP contribution in [0.5, 0.6) is 0 Å². The molecule has 6 heteroatoms. The molecular formula is C11H22ClNO3S. The lowest BCUT2D eigenvalue weighted by Crippen LogP contribution is -2.39. The van der Waals surface area contributed by atoms with Crippen molar-refractivity contribution in [2.75, 3.05) is 24.8 Å². The summed E-state index contributed by atoms with van der Waals surface area (Å²) in [7, 11) is -3.21. The summed E-state index contributed by atoms with van der Waals surface area (Å²) in [6.07, 6.45) is 5.28. The number of alkyl halides is 1. The second-order valence-electron chi connectivity index (χ2n) is 4.90. The predicted molar refractivity (Wildman–Crippen MR) is 69.7 cm³/mol. The first-order valence-corrected chi connectivity index (χ1v) is 8.36. The summed E-state index contributed by atoms with van der Waals surface area (Å²) in [5.74, 6) is 0.622. The number of unbranched alkanes of at least 4 members (excludes halogenated alkanes) is 1. The Morgan fingerprint density at radius 1 is 1.24 bits per heavy atom. The van der Waals surface area contributed by atoms with E-state index in [9.17, 15) is 13.5 Å². The molecular weight excluding hydrogens is 262 g/mol. The van der Waals surface area contributed by atoms with Crippen molar-refractivity contribution in [1.29, 1.82) is 0 Å². The van der Waals surface area contributed by atoms with Crippen LogP contribution in [0.3, 0.4) is 0 Å². The first kappa shape index (κ1) is 15.2. The fraction of sp³-hybridized carbons (Fsp3) is 1.00. The van der Waals surface area contributed by atoms with Crippen molar-refractivity contribution in [2.45, 2.75) is 38.5 Å². The van der Waals surface area contributed by atoms with Crippen molar-refractivity contribution < 1.29 is 13.5 Å². The van der Waals surface area contributed by atoms with Crippen molar-refractivity contribution >= 4 is 21.6 Å². The lowest BCUT2D eigenvalue weighted by molar-refractivity contribution is 0.134. The summed E-state index contributed by atoms with van der Waals surface area (Å²) >= 11 is 5.51. The number of nitrogens with one attached hydrogen (secondary N) is 1. The fourth-order valence-corrected chi connectivity index (χ4v) is 3.68. The predicted octanol–water partition coefficient (Wildman–Crippen LogP) is 1.48. The molecule has 0 unspecified atom stereocenters. The Bertz CT molecular complexity index is 313. The zero-order valence-electron chi connectivity index (χ0n) is 10.1. The summed E-state index contributed by atoms with van der Waals surface area (Å²) in [5, 5.41) is 9.38. The van der Waals surface area contributed by atoms with Gasteiger partial charge in [-0.15, -0.1) is 11.6 Å². The van der Waals surface area contributed by atoms with Crippen LogP contribution in [0.25, 0.3) is 0 Å². The molecule has 0 aliphatic heterocycles. The van der Waals surface area contributed by atoms with Crippen molar-refractivity contribution in [3.63, 3.8) is 0 Å². The normalized spacial score (nSPS) is 19.6. The Morgan fingerprint density at radius 3 is 2.41 bits per heavy atom. The van der Waals surface area contributed by atoms with Gasteiger partial charge in [0.05, 0.1) is 5.75 Å². The molecule has 0 saturated heterocycles. The quantitative estimate of drug-likeness (QED) is 0.524. The molecule has 0 aromatic rings. The SMILES string of the molecule is O=S(=O)(CCCCCl)NCC1(CO)CCCC1. The Labute approximate surface area is 109 Å². The van der Waals surface area contributed by atoms with Crippen molar-refractivity contribution in [2.24, 2.45) is 5.41 Å². The van der Waals surface area contributed by atoms with Gasteiger partial charge >= 0.3 is 0 Å². The van der Waals surface area contributed by atoms with Gasteiger partial charge in [0.2, 0.25) is 10.0 Å². The minimum atomic E-state index is -3.21. The fourth-order valence-electron chi connectivity index (χ4n) is 2.24. The van der Waals surface area contributed by atoms with Crippen LogP contribution in [0.1, 0.15) is 38.5 Å². The largest absolute Gasteiger partial charge is 0.396 e. The van der Waals surface area contributed by atoms with Crippen molar-refractivity contribution in [3.05, 3.63) is 0 Å². The summed E-state index contributed by atoms with van der Waals surface area (Å²) in [6, 6.07) is 0. The van der Waals surface area contributed by atoms with Gasteiger partial charge in [-0.3, -0.25) is 0 Å². The second-order valence-corrected chi connectivity index (χ2v) is 7.21. The van der Waals surface area contributed by atoms with E-state index in [0.717, 1.165) is 25.7 Å². The lowest BCUT2D eigenvalue weighted by atomic mass is 9.88. The highest BCUT2D eigenvalue weighted by molar-refractivity contribution is 7.89. The van der Waals surface area contributed by atoms with Gasteiger partial charge in [0.1, 0.15) is 0 Å². The maximum atomic E-state index is 11.7. The molecule has 102 valence electrons. The zero-order valence-corrected chi connectivity index (χ0v) is 11.7. The molecule has 0 aromatic heterocycles. The number of rotatable bonds is 8. The molecule has 0 atom stereocenters. The van der Waals surface area contributed by atoms with Gasteiger partial charge in [-0.1, -0.05) is 12.8 Å². The molecule has 2 N–H and O–H groups in total. The van der Waals surface area contributed by atoms with E-state index in [0.29, 0.717) is 25.3 Å². The lowest BCUT2D eigenvalue weighted by Gasteiger charge is -2.26. The van der Waals surface area contributed by atoms with Gasteiger partial charge in [-0.2, -0.15) is 0 Å². The molecule has 1 aliphatic rings. The number of hydrogen-bond acceptors (Lipinski definition) is 3. The van der Waals surface area contributed by atoms with Crippen LogP contribution in [-0.4, -0.2) is 38.3 Å². The first-order chi connectivity index (χ1) is 8.04. The van der Waals surface area contributed by atoms with E-state index in [4.69, 9.17) is 11.6 Å². The Balaban J connectivity index is 2.37. The van der Waals surface area contributed by atoms with Gasteiger partial charge < -0.3 is 5.11 Å². The molecule has 0 spiro atoms. The third-order valence-electron chi connectivity index (χ3n) is 3.46. The van der Waals surface area contributed by atoms with Crippen molar-refractivity contribution in [1.82, 2.24) is 4.72 Å². The van der Waals surface area contributed by atoms with Crippen LogP contribution in [0.15, 0.2) is 0 Å². The molecule has 0 bridgehead atoms. The van der Waals surface area contributed by atoms with E-state index in [1.54, 1.807) is 0 Å². The second kappa shape index (κ2) is 6.92. The van der Waals surface area contributed by atoms with Crippen LogP contribution in [-0.2, 0) is 10.0 Å². The Hall–Kier alpha value is 0.160. The molecule has 1 rings (SSSR count). The van der Waals surface area contributed by atoms with E-state index >= 15 is 0 Å². The van der Waals surface area contributed by atoms with E-state index in [1.165, 1.54) is 0 Å². The summed E-state index contributed by atoms with van der Waals surface area (Å²) < 4.78 is 26.0. The van der Waals surface area contributed by atoms with Crippen LogP contribution in [0.2, 0.25) is 0 Å². The third kappa shape index (κ3) is 5.12. The number of aliphatic hydroxyl groups excluding tert-OH is 1. The van der Waals surface area contributed by atoms with Gasteiger partial charge in [0, 0.05) is 24.4 Å². The minimum Gasteiger partial charge on any atom is -0.396 e. The van der Waals surface area contributed by atoms with Crippen molar-refractivity contribution in [3.8, 4) is 0 Å². The minimum absolute atomic E-state index is 0.0667. The zero-order chi connectivity index (χ0) is 12.8. The maximum absolute atomic E-state index is 11.7. The molecule has 0 radical (unpaired) electrons. The van der Waals surface area contributed by atoms with Gasteiger partial charge in [-0.25, -0.2) is 13.1 Å². The third-order valence-corrected chi connectivity index (χ3v) is 5.14. The average Bonchev–Trinajstić information content (AvgIpc) is 2.76. The van der Waals surface area contributed by atoms with Crippen LogP contribution in [0, 0.1) is 5.41 Å². The molecule has 1 fully saturated rings. The number of sulfonamides is 1. The molecule has 0 heterocycles. The van der Waals surface area contributed by atoms with Crippen LogP contribution in [0.4, 0.5) is 0 Å². The van der Waals surface area contributed by atoms with Crippen LogP contribution < -0.4 is 4.72 Å². The molecule has 0 amide bonds. The molecule has 4 nitrogen and oxygen atoms in total. The first-order valence-electron chi connectivity index (χ1n) is 6.18. The average molecular weight is 284 g/mol. The highest BCUT2D eigenvalue weighted by atomic mass is 35.5. The van der Waals surface area contributed by atoms with E-state index in [-0.39, 0.29) is 17.8 Å². The molecule has 17 heavy (non-hydrogen) atoms. The van der Waals surface area contributed by atoms with Gasteiger partial charge in [0.25, 0.3) is 0 Å². The van der Waals surface area contributed by atoms with E-state index in [1.807, 2.05) is 0 Å². The van der Waals surface area contributed by atoms with Gasteiger partial charge in [0.15, 0.2) is 0 Å². The standard InChI is InChI=1S/C11H22ClNO3S/c12-7-3-4-8-17(15,16)13-9-11(10-14)5-1-2-6-11/h13-14H,1-10H2. The summed E-state index contributed by atoms with van der Waals surface area (Å²) in [5.41, 5.74) is -0.223. The monoisotopic (exact) mass is 283 g/mol. The maximum Gasteiger partial charge on any atom is 0.211 e. The number of hydrogen-bond donors (Lipinski definition) is 2. The Kier molecular flexibility index (Phi) is 6.20. The van der Waals surface area contributed by atoms with Gasteiger partial charge in [-0.05, 0) is 25.7 Å². The number of aliphatic hydroxyl groups is 1. The highest BCUT2D eigenvalue weighted by Crippen LogP contribution is 2.36. The smallest absolute Gasteiger partial charge is 0.211 e. The van der Waals surface area contributed by atoms with E-state index in [2.05, 4.69) is 4.72 Å². The topological polar surface area (TPSA) is 66.4 Å². The highest BCUT2D eigenvalue weighted by Gasteiger charge is 2.34. The Morgan fingerprint density at radius 2 is 1.88 bits per heavy atom. The molecule has 0 aromatic carbocycles. The number of halogens is 1. The summed E-state index contributed by atoms with van der Waals surface area (Å²) in [4.78, 5) is 0. The summed E-state index contributed by atoms with van der Waals surface area (Å²) in [6.45, 7) is 0.434. The molecule has 1 aliphatic carbocycles.